The molecule has 0 radical (unpaired) electrons. The minimum absolute atomic E-state index is 0.0289. The Morgan fingerprint density at radius 3 is 2.62 bits per heavy atom. The molecule has 24 heavy (non-hydrogen) atoms. The molecule has 1 atom stereocenters. The molecule has 0 saturated carbocycles. The normalized spacial score (nSPS) is 26.9. The molecule has 0 saturated heterocycles. The van der Waals surface area contributed by atoms with E-state index in [1.54, 1.807) is 38.5 Å². The van der Waals surface area contributed by atoms with E-state index in [0.29, 0.717) is 29.1 Å². The predicted molar refractivity (Wildman–Crippen MR) is 91.2 cm³/mol. The number of ether oxygens (including phenoxy) is 2. The Kier molecular flexibility index (Phi) is 4.14. The zero-order chi connectivity index (χ0) is 17.3. The lowest BCUT2D eigenvalue weighted by molar-refractivity contribution is -0.119. The third-order valence-electron chi connectivity index (χ3n) is 4.80. The second-order valence-electron chi connectivity index (χ2n) is 6.19. The topological polar surface area (TPSA) is 52.6 Å². The van der Waals surface area contributed by atoms with Crippen LogP contribution in [0.4, 0.5) is 0 Å². The molecule has 1 spiro atoms. The second-order valence-corrected chi connectivity index (χ2v) is 6.19. The fraction of sp³-hybridized carbons (Fsp3) is 0.300. The van der Waals surface area contributed by atoms with Crippen molar-refractivity contribution in [3.8, 4) is 5.75 Å². The molecule has 1 unspecified atom stereocenters. The van der Waals surface area contributed by atoms with Crippen molar-refractivity contribution in [2.75, 3.05) is 14.2 Å². The molecule has 124 valence electrons. The monoisotopic (exact) mass is 324 g/mol. The van der Waals surface area contributed by atoms with Gasteiger partial charge in [-0.2, -0.15) is 0 Å². The van der Waals surface area contributed by atoms with Gasteiger partial charge in [-0.15, -0.1) is 0 Å². The predicted octanol–water partition coefficient (Wildman–Crippen LogP) is 3.53. The van der Waals surface area contributed by atoms with Crippen molar-refractivity contribution >= 4 is 11.6 Å². The standard InChI is InChI=1S/C20H20O4/c1-13-9-15(23-2)6-4-5-14(21)11-20(13)12-19(22)17-8-7-16(24-3)10-18(17)20/h4,6-10H,1,5,11-12H2,2-3H3/b6-4-,15-9+. The number of hydrogen-bond donors (Lipinski definition) is 0. The van der Waals surface area contributed by atoms with E-state index in [-0.39, 0.29) is 24.4 Å². The van der Waals surface area contributed by atoms with Crippen molar-refractivity contribution in [2.24, 2.45) is 0 Å². The Labute approximate surface area is 141 Å². The van der Waals surface area contributed by atoms with Gasteiger partial charge < -0.3 is 9.47 Å². The fourth-order valence-corrected chi connectivity index (χ4v) is 3.51. The molecule has 0 N–H and O–H groups in total. The van der Waals surface area contributed by atoms with Gasteiger partial charge in [-0.1, -0.05) is 12.7 Å². The van der Waals surface area contributed by atoms with Gasteiger partial charge >= 0.3 is 0 Å². The van der Waals surface area contributed by atoms with E-state index >= 15 is 0 Å². The van der Waals surface area contributed by atoms with Crippen molar-refractivity contribution in [1.82, 2.24) is 0 Å². The Bertz CT molecular complexity index is 785. The van der Waals surface area contributed by atoms with Crippen molar-refractivity contribution in [3.63, 3.8) is 0 Å². The highest BCUT2D eigenvalue weighted by atomic mass is 16.5. The maximum absolute atomic E-state index is 12.6. The lowest BCUT2D eigenvalue weighted by atomic mass is 9.71. The van der Waals surface area contributed by atoms with Crippen molar-refractivity contribution in [1.29, 1.82) is 0 Å². The Hall–Kier alpha value is -2.62. The maximum Gasteiger partial charge on any atom is 0.164 e. The zero-order valence-electron chi connectivity index (χ0n) is 13.9. The lowest BCUT2D eigenvalue weighted by Gasteiger charge is -2.30. The Morgan fingerprint density at radius 2 is 1.92 bits per heavy atom. The summed E-state index contributed by atoms with van der Waals surface area (Å²) in [6.45, 7) is 4.18. The molecule has 0 amide bonds. The number of fused-ring (bicyclic) bond motifs is 2. The van der Waals surface area contributed by atoms with E-state index in [9.17, 15) is 9.59 Å². The highest BCUT2D eigenvalue weighted by Gasteiger charge is 2.46. The van der Waals surface area contributed by atoms with E-state index in [2.05, 4.69) is 6.58 Å². The van der Waals surface area contributed by atoms with Gasteiger partial charge in [0.2, 0.25) is 0 Å². The number of allylic oxidation sites excluding steroid dienone is 4. The van der Waals surface area contributed by atoms with Crippen molar-refractivity contribution in [2.45, 2.75) is 24.7 Å². The molecule has 0 fully saturated rings. The van der Waals surface area contributed by atoms with Gasteiger partial charge in [0.05, 0.1) is 14.2 Å². The van der Waals surface area contributed by atoms with Gasteiger partial charge in [-0.3, -0.25) is 9.59 Å². The number of ketones is 2. The van der Waals surface area contributed by atoms with Crippen LogP contribution < -0.4 is 4.74 Å². The number of rotatable bonds is 2. The van der Waals surface area contributed by atoms with E-state index in [1.165, 1.54) is 0 Å². The van der Waals surface area contributed by atoms with E-state index < -0.39 is 5.41 Å². The first kappa shape index (κ1) is 16.2. The summed E-state index contributed by atoms with van der Waals surface area (Å²) < 4.78 is 10.7. The van der Waals surface area contributed by atoms with Crippen LogP contribution >= 0.6 is 0 Å². The largest absolute Gasteiger partial charge is 0.497 e. The molecule has 3 rings (SSSR count). The molecule has 2 aliphatic rings. The minimum Gasteiger partial charge on any atom is -0.497 e. The first-order chi connectivity index (χ1) is 11.5. The summed E-state index contributed by atoms with van der Waals surface area (Å²) in [5.74, 6) is 1.39. The Balaban J connectivity index is 2.19. The third kappa shape index (κ3) is 2.58. The molecule has 0 bridgehead atoms. The van der Waals surface area contributed by atoms with Crippen LogP contribution in [-0.4, -0.2) is 25.8 Å². The quantitative estimate of drug-likeness (QED) is 0.835. The van der Waals surface area contributed by atoms with Gasteiger partial charge in [0.25, 0.3) is 0 Å². The second kappa shape index (κ2) is 6.11. The summed E-state index contributed by atoms with van der Waals surface area (Å²) in [5, 5.41) is 0. The van der Waals surface area contributed by atoms with Crippen LogP contribution in [0.15, 0.2) is 54.3 Å². The fourth-order valence-electron chi connectivity index (χ4n) is 3.51. The van der Waals surface area contributed by atoms with Gasteiger partial charge in [0.15, 0.2) is 5.78 Å². The molecule has 1 aromatic rings. The summed E-state index contributed by atoms with van der Waals surface area (Å²) in [4.78, 5) is 25.0. The van der Waals surface area contributed by atoms with E-state index in [4.69, 9.17) is 9.47 Å². The molecule has 0 heterocycles. The smallest absolute Gasteiger partial charge is 0.164 e. The van der Waals surface area contributed by atoms with Crippen molar-refractivity contribution < 1.29 is 19.1 Å². The van der Waals surface area contributed by atoms with Crippen LogP contribution in [-0.2, 0) is 14.9 Å². The van der Waals surface area contributed by atoms with Crippen LogP contribution in [0.25, 0.3) is 0 Å². The molecular weight excluding hydrogens is 304 g/mol. The van der Waals surface area contributed by atoms with Crippen LogP contribution in [0.3, 0.4) is 0 Å². The SMILES string of the molecule is C=C1/C=C(OC)\C=C/CC(=O)CC12CC(=O)c1ccc(OC)cc12. The summed E-state index contributed by atoms with van der Waals surface area (Å²) in [5.41, 5.74) is 1.44. The highest BCUT2D eigenvalue weighted by Crippen LogP contribution is 2.48. The maximum atomic E-state index is 12.6. The van der Waals surface area contributed by atoms with E-state index in [0.717, 1.165) is 5.56 Å². The molecule has 0 aliphatic heterocycles. The first-order valence-corrected chi connectivity index (χ1v) is 7.85. The van der Waals surface area contributed by atoms with Crippen LogP contribution in [0, 0.1) is 0 Å². The average Bonchev–Trinajstić information content (AvgIpc) is 2.88. The lowest BCUT2D eigenvalue weighted by Crippen LogP contribution is -2.28. The number of methoxy groups -OCH3 is 2. The molecule has 1 aromatic carbocycles. The Morgan fingerprint density at radius 1 is 1.12 bits per heavy atom. The molecule has 0 aromatic heterocycles. The summed E-state index contributed by atoms with van der Waals surface area (Å²) in [7, 11) is 3.16. The van der Waals surface area contributed by atoms with Crippen LogP contribution in [0.5, 0.6) is 5.75 Å². The molecular formula is C20H20O4. The molecule has 4 nitrogen and oxygen atoms in total. The summed E-state index contributed by atoms with van der Waals surface area (Å²) >= 11 is 0. The van der Waals surface area contributed by atoms with E-state index in [1.807, 2.05) is 12.1 Å². The van der Waals surface area contributed by atoms with Gasteiger partial charge in [-0.05, 0) is 41.5 Å². The van der Waals surface area contributed by atoms with Gasteiger partial charge in [0.1, 0.15) is 17.3 Å². The number of benzene rings is 1. The molecule has 4 heteroatoms. The zero-order valence-corrected chi connectivity index (χ0v) is 13.9. The first-order valence-electron chi connectivity index (χ1n) is 7.85. The third-order valence-corrected chi connectivity index (χ3v) is 4.80. The number of carbonyl (C=O) groups excluding carboxylic acids is 2. The molecule has 2 aliphatic carbocycles. The summed E-state index contributed by atoms with van der Waals surface area (Å²) in [6.07, 6.45) is 6.17. The highest BCUT2D eigenvalue weighted by molar-refractivity contribution is 6.04. The van der Waals surface area contributed by atoms with Crippen LogP contribution in [0.2, 0.25) is 0 Å². The summed E-state index contributed by atoms with van der Waals surface area (Å²) in [6, 6.07) is 5.40. The van der Waals surface area contributed by atoms with Gasteiger partial charge in [-0.25, -0.2) is 0 Å². The number of hydrogen-bond acceptors (Lipinski definition) is 4. The van der Waals surface area contributed by atoms with Gasteiger partial charge in [0, 0.05) is 30.2 Å². The van der Waals surface area contributed by atoms with Crippen LogP contribution in [0.1, 0.15) is 35.2 Å². The average molecular weight is 324 g/mol. The number of Topliss-reactive ketones (excluding diaryl/α,β-unsaturated/α-hetero) is 2. The minimum atomic E-state index is -0.728. The number of carbonyl (C=O) groups is 2. The van der Waals surface area contributed by atoms with Crippen molar-refractivity contribution in [3.05, 3.63) is 65.5 Å².